The Balaban J connectivity index is 1.81. The number of benzene rings is 3. The highest BCUT2D eigenvalue weighted by Gasteiger charge is 2.10. The first-order chi connectivity index (χ1) is 13.0. The van der Waals surface area contributed by atoms with E-state index in [1.54, 1.807) is 6.07 Å². The first-order valence-corrected chi connectivity index (χ1v) is 9.73. The molecule has 0 amide bonds. The topological polar surface area (TPSA) is 24.5 Å². The van der Waals surface area contributed by atoms with Gasteiger partial charge < -0.3 is 15.0 Å². The molecule has 27 heavy (non-hydrogen) atoms. The molecule has 3 aromatic carbocycles. The molecule has 0 aliphatic rings. The minimum atomic E-state index is 0.402. The summed E-state index contributed by atoms with van der Waals surface area (Å²) in [5, 5.41) is 7.17. The molecule has 3 aromatic rings. The van der Waals surface area contributed by atoms with Gasteiger partial charge in [0.25, 0.3) is 0 Å². The fourth-order valence-corrected chi connectivity index (χ4v) is 3.41. The van der Waals surface area contributed by atoms with E-state index in [9.17, 15) is 0 Å². The van der Waals surface area contributed by atoms with Crippen molar-refractivity contribution in [3.05, 3.63) is 75.8 Å². The van der Waals surface area contributed by atoms with E-state index >= 15 is 0 Å². The number of nitrogens with one attached hydrogen (secondary N) is 1. The lowest BCUT2D eigenvalue weighted by atomic mass is 10.0. The molecule has 0 aromatic heterocycles. The highest BCUT2D eigenvalue weighted by atomic mass is 35.5. The zero-order chi connectivity index (χ0) is 19.2. The Hall–Kier alpha value is -1.78. The van der Waals surface area contributed by atoms with Crippen LogP contribution in [0, 0.1) is 0 Å². The lowest BCUT2D eigenvalue weighted by molar-refractivity contribution is 0.302. The number of fused-ring (bicyclic) bond motifs is 1. The Labute approximate surface area is 170 Å². The van der Waals surface area contributed by atoms with Gasteiger partial charge in [0, 0.05) is 40.8 Å². The lowest BCUT2D eigenvalue weighted by Crippen LogP contribution is -2.26. The number of hydrogen-bond acceptors (Lipinski definition) is 3. The van der Waals surface area contributed by atoms with E-state index in [0.717, 1.165) is 36.5 Å². The van der Waals surface area contributed by atoms with Crippen LogP contribution in [0.25, 0.3) is 10.8 Å². The number of likely N-dealkylation sites (N-methyl/N-ethyl adjacent to an activating group) is 1. The molecule has 5 heteroatoms. The van der Waals surface area contributed by atoms with E-state index in [4.69, 9.17) is 27.9 Å². The maximum Gasteiger partial charge on any atom is 0.124 e. The molecule has 0 bridgehead atoms. The zero-order valence-electron chi connectivity index (χ0n) is 15.6. The molecular formula is C22H24Cl2N2O. The van der Waals surface area contributed by atoms with Crippen molar-refractivity contribution in [2.24, 2.45) is 0 Å². The molecule has 0 spiro atoms. The van der Waals surface area contributed by atoms with Crippen LogP contribution in [0.3, 0.4) is 0 Å². The molecule has 0 heterocycles. The third-order valence-corrected chi connectivity index (χ3v) is 5.02. The molecule has 0 fully saturated rings. The van der Waals surface area contributed by atoms with Gasteiger partial charge in [-0.05, 0) is 43.1 Å². The van der Waals surface area contributed by atoms with E-state index in [1.807, 2.05) is 18.2 Å². The van der Waals surface area contributed by atoms with Crippen LogP contribution in [-0.4, -0.2) is 32.1 Å². The van der Waals surface area contributed by atoms with Crippen molar-refractivity contribution in [1.82, 2.24) is 10.2 Å². The number of nitrogens with zero attached hydrogens (tertiary/aromatic N) is 1. The number of ether oxygens (including phenoxy) is 1. The maximum atomic E-state index is 6.28. The summed E-state index contributed by atoms with van der Waals surface area (Å²) in [5.41, 5.74) is 2.08. The van der Waals surface area contributed by atoms with Crippen LogP contribution in [0.1, 0.15) is 11.1 Å². The minimum Gasteiger partial charge on any atom is -0.488 e. The molecule has 0 aliphatic carbocycles. The van der Waals surface area contributed by atoms with Gasteiger partial charge in [-0.1, -0.05) is 59.6 Å². The fraction of sp³-hybridized carbons (Fsp3) is 0.273. The SMILES string of the molecule is CN(C)CCNCc1c(OCc2ccc(Cl)cc2Cl)ccc2ccccc12. The van der Waals surface area contributed by atoms with E-state index in [2.05, 4.69) is 54.6 Å². The average molecular weight is 403 g/mol. The van der Waals surface area contributed by atoms with Gasteiger partial charge in [-0.15, -0.1) is 0 Å². The molecule has 0 saturated heterocycles. The molecule has 0 saturated carbocycles. The summed E-state index contributed by atoms with van der Waals surface area (Å²) in [4.78, 5) is 2.16. The van der Waals surface area contributed by atoms with Crippen molar-refractivity contribution in [3.63, 3.8) is 0 Å². The summed E-state index contributed by atoms with van der Waals surface area (Å²) in [7, 11) is 4.15. The minimum absolute atomic E-state index is 0.402. The second-order valence-electron chi connectivity index (χ2n) is 6.77. The van der Waals surface area contributed by atoms with Gasteiger partial charge in [0.05, 0.1) is 0 Å². The zero-order valence-corrected chi connectivity index (χ0v) is 17.1. The van der Waals surface area contributed by atoms with Gasteiger partial charge in [-0.3, -0.25) is 0 Å². The second-order valence-corrected chi connectivity index (χ2v) is 7.61. The molecule has 0 radical (unpaired) electrons. The smallest absolute Gasteiger partial charge is 0.124 e. The first-order valence-electron chi connectivity index (χ1n) is 8.97. The van der Waals surface area contributed by atoms with Crippen LogP contribution in [0.4, 0.5) is 0 Å². The Kier molecular flexibility index (Phi) is 6.97. The number of rotatable bonds is 8. The van der Waals surface area contributed by atoms with Crippen molar-refractivity contribution in [2.75, 3.05) is 27.2 Å². The van der Waals surface area contributed by atoms with Crippen LogP contribution in [-0.2, 0) is 13.2 Å². The molecular weight excluding hydrogens is 379 g/mol. The van der Waals surface area contributed by atoms with Gasteiger partial charge in [0.1, 0.15) is 12.4 Å². The van der Waals surface area contributed by atoms with Crippen molar-refractivity contribution >= 4 is 34.0 Å². The third kappa shape index (κ3) is 5.36. The predicted molar refractivity (Wildman–Crippen MR) is 115 cm³/mol. The molecule has 0 aliphatic heterocycles. The predicted octanol–water partition coefficient (Wildman–Crippen LogP) is 5.38. The second kappa shape index (κ2) is 9.43. The van der Waals surface area contributed by atoms with Crippen molar-refractivity contribution in [1.29, 1.82) is 0 Å². The van der Waals surface area contributed by atoms with Crippen LogP contribution in [0.5, 0.6) is 5.75 Å². The summed E-state index contributed by atoms with van der Waals surface area (Å²) in [6.07, 6.45) is 0. The van der Waals surface area contributed by atoms with Gasteiger partial charge in [-0.2, -0.15) is 0 Å². The molecule has 3 rings (SSSR count). The van der Waals surface area contributed by atoms with E-state index in [-0.39, 0.29) is 0 Å². The molecule has 3 nitrogen and oxygen atoms in total. The summed E-state index contributed by atoms with van der Waals surface area (Å²) in [6, 6.07) is 18.0. The molecule has 0 atom stereocenters. The first kappa shape index (κ1) is 20.0. The van der Waals surface area contributed by atoms with Gasteiger partial charge in [-0.25, -0.2) is 0 Å². The van der Waals surface area contributed by atoms with Gasteiger partial charge in [0.2, 0.25) is 0 Å². The van der Waals surface area contributed by atoms with Crippen molar-refractivity contribution in [2.45, 2.75) is 13.2 Å². The maximum absolute atomic E-state index is 6.28. The monoisotopic (exact) mass is 402 g/mol. The largest absolute Gasteiger partial charge is 0.488 e. The normalized spacial score (nSPS) is 11.3. The Morgan fingerprint density at radius 3 is 2.59 bits per heavy atom. The Morgan fingerprint density at radius 1 is 1.00 bits per heavy atom. The van der Waals surface area contributed by atoms with Crippen LogP contribution in [0.15, 0.2) is 54.6 Å². The standard InChI is InChI=1S/C22H24Cl2N2O/c1-26(2)12-11-25-14-20-19-6-4-3-5-16(19)8-10-22(20)27-15-17-7-9-18(23)13-21(17)24/h3-10,13,25H,11-12,14-15H2,1-2H3. The van der Waals surface area contributed by atoms with Crippen molar-refractivity contribution in [3.8, 4) is 5.75 Å². The van der Waals surface area contributed by atoms with E-state index < -0.39 is 0 Å². The summed E-state index contributed by atoms with van der Waals surface area (Å²) >= 11 is 12.3. The molecule has 142 valence electrons. The van der Waals surface area contributed by atoms with Gasteiger partial charge in [0.15, 0.2) is 0 Å². The quantitative estimate of drug-likeness (QED) is 0.512. The summed E-state index contributed by atoms with van der Waals surface area (Å²) < 4.78 is 6.15. The Bertz CT molecular complexity index is 912. The third-order valence-electron chi connectivity index (χ3n) is 4.43. The fourth-order valence-electron chi connectivity index (χ4n) is 2.94. The highest BCUT2D eigenvalue weighted by Crippen LogP contribution is 2.30. The summed E-state index contributed by atoms with van der Waals surface area (Å²) in [5.74, 6) is 0.872. The van der Waals surface area contributed by atoms with Crippen LogP contribution >= 0.6 is 23.2 Å². The molecule has 0 unspecified atom stereocenters. The summed E-state index contributed by atoms with van der Waals surface area (Å²) in [6.45, 7) is 3.05. The van der Waals surface area contributed by atoms with E-state index in [1.165, 1.54) is 10.8 Å². The van der Waals surface area contributed by atoms with Crippen molar-refractivity contribution < 1.29 is 4.74 Å². The Morgan fingerprint density at radius 2 is 1.81 bits per heavy atom. The van der Waals surface area contributed by atoms with E-state index in [0.29, 0.717) is 16.7 Å². The number of halogens is 2. The van der Waals surface area contributed by atoms with Gasteiger partial charge >= 0.3 is 0 Å². The van der Waals surface area contributed by atoms with Crippen LogP contribution < -0.4 is 10.1 Å². The molecule has 1 N–H and O–H groups in total. The van der Waals surface area contributed by atoms with Crippen LogP contribution in [0.2, 0.25) is 10.0 Å². The number of hydrogen-bond donors (Lipinski definition) is 1. The highest BCUT2D eigenvalue weighted by molar-refractivity contribution is 6.35. The lowest BCUT2D eigenvalue weighted by Gasteiger charge is -2.16. The average Bonchev–Trinajstić information content (AvgIpc) is 2.65.